The van der Waals surface area contributed by atoms with E-state index in [1.54, 1.807) is 0 Å². The first-order valence-corrected chi connectivity index (χ1v) is 9.45. The lowest BCUT2D eigenvalue weighted by Crippen LogP contribution is -2.48. The van der Waals surface area contributed by atoms with Gasteiger partial charge in [0.1, 0.15) is 0 Å². The summed E-state index contributed by atoms with van der Waals surface area (Å²) in [5, 5.41) is 3.99. The minimum atomic E-state index is 0.121. The molecule has 130 valence electrons. The van der Waals surface area contributed by atoms with E-state index in [9.17, 15) is 4.79 Å². The van der Waals surface area contributed by atoms with Crippen molar-refractivity contribution < 1.29 is 9.53 Å². The highest BCUT2D eigenvalue weighted by atomic mass is 35.5. The van der Waals surface area contributed by atoms with Crippen LogP contribution in [0.5, 0.6) is 0 Å². The molecule has 0 aromatic heterocycles. The van der Waals surface area contributed by atoms with Crippen LogP contribution in [-0.4, -0.2) is 43.3 Å². The summed E-state index contributed by atoms with van der Waals surface area (Å²) in [6.45, 7) is 3.56. The number of hydrogen-bond acceptors (Lipinski definition) is 2. The van der Waals surface area contributed by atoms with Crippen molar-refractivity contribution in [2.24, 2.45) is 11.8 Å². The van der Waals surface area contributed by atoms with E-state index in [0.717, 1.165) is 57.0 Å². The van der Waals surface area contributed by atoms with Crippen molar-refractivity contribution in [2.75, 3.05) is 26.3 Å². The quantitative estimate of drug-likeness (QED) is 0.905. The van der Waals surface area contributed by atoms with E-state index in [1.807, 2.05) is 17.0 Å². The molecule has 4 nitrogen and oxygen atoms in total. The molecule has 2 atom stereocenters. The molecule has 3 aliphatic rings. The average Bonchev–Trinajstić information content (AvgIpc) is 3.22. The molecular formula is C19H25ClN2O2. The normalized spacial score (nSPS) is 32.6. The van der Waals surface area contributed by atoms with E-state index in [1.165, 1.54) is 5.56 Å². The van der Waals surface area contributed by atoms with Gasteiger partial charge < -0.3 is 15.0 Å². The molecule has 1 aromatic carbocycles. The molecule has 5 heteroatoms. The van der Waals surface area contributed by atoms with Crippen LogP contribution in [0.25, 0.3) is 0 Å². The molecule has 0 radical (unpaired) electrons. The van der Waals surface area contributed by atoms with Crippen molar-refractivity contribution in [3.63, 3.8) is 0 Å². The van der Waals surface area contributed by atoms with E-state index in [-0.39, 0.29) is 6.03 Å². The second-order valence-corrected chi connectivity index (χ2v) is 7.92. The largest absolute Gasteiger partial charge is 0.381 e. The first-order valence-electron chi connectivity index (χ1n) is 9.07. The topological polar surface area (TPSA) is 41.6 Å². The van der Waals surface area contributed by atoms with Gasteiger partial charge in [-0.3, -0.25) is 0 Å². The monoisotopic (exact) mass is 348 g/mol. The number of hydrogen-bond donors (Lipinski definition) is 1. The molecule has 1 aromatic rings. The fraction of sp³-hybridized carbons (Fsp3) is 0.632. The summed E-state index contributed by atoms with van der Waals surface area (Å²) >= 11 is 5.94. The molecule has 1 N–H and O–H groups in total. The summed E-state index contributed by atoms with van der Waals surface area (Å²) in [5.41, 5.74) is 1.33. The van der Waals surface area contributed by atoms with Gasteiger partial charge in [0, 0.05) is 37.4 Å². The Morgan fingerprint density at radius 3 is 2.67 bits per heavy atom. The average molecular weight is 349 g/mol. The van der Waals surface area contributed by atoms with Gasteiger partial charge >= 0.3 is 6.03 Å². The van der Waals surface area contributed by atoms with Crippen LogP contribution in [0.15, 0.2) is 24.3 Å². The Kier molecular flexibility index (Phi) is 4.68. The molecule has 2 unspecified atom stereocenters. The number of likely N-dealkylation sites (tertiary alicyclic amines) is 1. The molecule has 2 saturated heterocycles. The molecule has 2 amide bonds. The Hall–Kier alpha value is -1.26. The number of nitrogens with one attached hydrogen (secondary N) is 1. The standard InChI is InChI=1S/C19H25ClN2O2/c20-17-3-1-13(2-4-17)16-9-18(10-16)21-19(23)22-7-5-14(11-22)15-6-8-24-12-15/h1-4,14-16,18H,5-12H2,(H,21,23). The maximum absolute atomic E-state index is 12.5. The lowest BCUT2D eigenvalue weighted by Gasteiger charge is -2.37. The third-order valence-electron chi connectivity index (χ3n) is 5.95. The van der Waals surface area contributed by atoms with Gasteiger partial charge in [-0.2, -0.15) is 0 Å². The van der Waals surface area contributed by atoms with Crippen LogP contribution in [0.3, 0.4) is 0 Å². The van der Waals surface area contributed by atoms with Gasteiger partial charge in [-0.25, -0.2) is 4.79 Å². The van der Waals surface area contributed by atoms with E-state index in [4.69, 9.17) is 16.3 Å². The van der Waals surface area contributed by atoms with Gasteiger partial charge in [-0.1, -0.05) is 23.7 Å². The van der Waals surface area contributed by atoms with Gasteiger partial charge in [0.25, 0.3) is 0 Å². The number of urea groups is 1. The number of carbonyl (C=O) groups is 1. The molecule has 2 heterocycles. The Bertz CT molecular complexity index is 580. The van der Waals surface area contributed by atoms with E-state index >= 15 is 0 Å². The lowest BCUT2D eigenvalue weighted by atomic mass is 9.76. The van der Waals surface area contributed by atoms with Gasteiger partial charge in [-0.05, 0) is 61.1 Å². The minimum Gasteiger partial charge on any atom is -0.381 e. The van der Waals surface area contributed by atoms with Gasteiger partial charge in [-0.15, -0.1) is 0 Å². The molecule has 1 saturated carbocycles. The van der Waals surface area contributed by atoms with Crippen molar-refractivity contribution in [3.05, 3.63) is 34.9 Å². The van der Waals surface area contributed by atoms with Crippen molar-refractivity contribution in [2.45, 2.75) is 37.6 Å². The Morgan fingerprint density at radius 1 is 1.17 bits per heavy atom. The van der Waals surface area contributed by atoms with Crippen LogP contribution in [0, 0.1) is 11.8 Å². The third kappa shape index (κ3) is 3.40. The molecule has 1 aliphatic carbocycles. The second kappa shape index (κ2) is 6.93. The number of nitrogens with zero attached hydrogens (tertiary/aromatic N) is 1. The highest BCUT2D eigenvalue weighted by Gasteiger charge is 2.36. The summed E-state index contributed by atoms with van der Waals surface area (Å²) in [6.07, 6.45) is 4.34. The van der Waals surface area contributed by atoms with E-state index < -0.39 is 0 Å². The van der Waals surface area contributed by atoms with Gasteiger partial charge in [0.05, 0.1) is 0 Å². The molecule has 0 spiro atoms. The van der Waals surface area contributed by atoms with Crippen molar-refractivity contribution in [1.29, 1.82) is 0 Å². The van der Waals surface area contributed by atoms with Gasteiger partial charge in [0.2, 0.25) is 0 Å². The number of rotatable bonds is 3. The Morgan fingerprint density at radius 2 is 1.96 bits per heavy atom. The molecule has 4 rings (SSSR count). The fourth-order valence-electron chi connectivity index (χ4n) is 4.29. The maximum Gasteiger partial charge on any atom is 0.317 e. The van der Waals surface area contributed by atoms with Crippen LogP contribution in [-0.2, 0) is 4.74 Å². The molecule has 2 aliphatic heterocycles. The number of carbonyl (C=O) groups excluding carboxylic acids is 1. The zero-order valence-corrected chi connectivity index (χ0v) is 14.7. The molecule has 0 bridgehead atoms. The zero-order chi connectivity index (χ0) is 16.5. The molecular weight excluding hydrogens is 324 g/mol. The summed E-state index contributed by atoms with van der Waals surface area (Å²) < 4.78 is 5.49. The summed E-state index contributed by atoms with van der Waals surface area (Å²) in [4.78, 5) is 14.5. The minimum absolute atomic E-state index is 0.121. The highest BCUT2D eigenvalue weighted by Crippen LogP contribution is 2.37. The maximum atomic E-state index is 12.5. The third-order valence-corrected chi connectivity index (χ3v) is 6.20. The van der Waals surface area contributed by atoms with Crippen molar-refractivity contribution >= 4 is 17.6 Å². The van der Waals surface area contributed by atoms with Crippen molar-refractivity contribution in [3.8, 4) is 0 Å². The first kappa shape index (κ1) is 16.2. The predicted molar refractivity (Wildman–Crippen MR) is 94.4 cm³/mol. The van der Waals surface area contributed by atoms with Gasteiger partial charge in [0.15, 0.2) is 0 Å². The smallest absolute Gasteiger partial charge is 0.317 e. The fourth-order valence-corrected chi connectivity index (χ4v) is 4.42. The Labute approximate surface area is 148 Å². The second-order valence-electron chi connectivity index (χ2n) is 7.48. The number of ether oxygens (including phenoxy) is 1. The van der Waals surface area contributed by atoms with Crippen molar-refractivity contribution in [1.82, 2.24) is 10.2 Å². The van der Waals surface area contributed by atoms with Crippen LogP contribution < -0.4 is 5.32 Å². The lowest BCUT2D eigenvalue weighted by molar-refractivity contribution is 0.169. The summed E-state index contributed by atoms with van der Waals surface area (Å²) in [5.74, 6) is 1.83. The summed E-state index contributed by atoms with van der Waals surface area (Å²) in [6, 6.07) is 8.52. The molecule has 3 fully saturated rings. The number of benzene rings is 1. The zero-order valence-electron chi connectivity index (χ0n) is 13.9. The van der Waals surface area contributed by atoms with Crippen LogP contribution in [0.4, 0.5) is 4.79 Å². The van der Waals surface area contributed by atoms with Crippen LogP contribution in [0.2, 0.25) is 5.02 Å². The SMILES string of the molecule is O=C(NC1CC(c2ccc(Cl)cc2)C1)N1CCC(C2CCOC2)C1. The predicted octanol–water partition coefficient (Wildman–Crippen LogP) is 3.65. The first-order chi connectivity index (χ1) is 11.7. The Balaban J connectivity index is 1.22. The van der Waals surface area contributed by atoms with Crippen LogP contribution in [0.1, 0.15) is 37.2 Å². The summed E-state index contributed by atoms with van der Waals surface area (Å²) in [7, 11) is 0. The van der Waals surface area contributed by atoms with E-state index in [0.29, 0.717) is 23.8 Å². The number of halogens is 1. The van der Waals surface area contributed by atoms with E-state index in [2.05, 4.69) is 17.4 Å². The van der Waals surface area contributed by atoms with Crippen LogP contribution >= 0.6 is 11.6 Å². The molecule has 24 heavy (non-hydrogen) atoms. The number of amides is 2. The highest BCUT2D eigenvalue weighted by molar-refractivity contribution is 6.30.